The van der Waals surface area contributed by atoms with Crippen LogP contribution in [0.2, 0.25) is 0 Å². The summed E-state index contributed by atoms with van der Waals surface area (Å²) in [5, 5.41) is 5.62. The molecular weight excluding hydrogens is 357 g/mol. The van der Waals surface area contributed by atoms with E-state index in [2.05, 4.69) is 15.6 Å². The lowest BCUT2D eigenvalue weighted by Crippen LogP contribution is -2.32. The van der Waals surface area contributed by atoms with Crippen molar-refractivity contribution in [3.63, 3.8) is 0 Å². The monoisotopic (exact) mass is 385 g/mol. The first-order chi connectivity index (χ1) is 13.1. The summed E-state index contributed by atoms with van der Waals surface area (Å²) >= 11 is 0. The second-order valence-corrected chi connectivity index (χ2v) is 8.06. The Labute approximate surface area is 165 Å². The van der Waals surface area contributed by atoms with E-state index in [1.807, 2.05) is 27.7 Å². The molecule has 0 fully saturated rings. The molecule has 2 rings (SSSR count). The van der Waals surface area contributed by atoms with Crippen LogP contribution in [0.1, 0.15) is 60.4 Å². The first-order valence-electron chi connectivity index (χ1n) is 9.45. The predicted octanol–water partition coefficient (Wildman–Crippen LogP) is 4.11. The number of nitrogens with zero attached hydrogens (tertiary/aromatic N) is 1. The lowest BCUT2D eigenvalue weighted by molar-refractivity contribution is 0.0935. The van der Waals surface area contributed by atoms with Crippen molar-refractivity contribution in [1.82, 2.24) is 15.6 Å². The fourth-order valence-electron chi connectivity index (χ4n) is 2.55. The quantitative estimate of drug-likeness (QED) is 0.786. The minimum atomic E-state index is -0.465. The minimum absolute atomic E-state index is 0.0174. The number of hydrogen-bond donors (Lipinski definition) is 2. The van der Waals surface area contributed by atoms with Gasteiger partial charge in [-0.3, -0.25) is 14.6 Å². The Bertz CT molecular complexity index is 855. The van der Waals surface area contributed by atoms with Crippen molar-refractivity contribution in [2.24, 2.45) is 5.41 Å². The van der Waals surface area contributed by atoms with E-state index in [0.717, 1.165) is 6.42 Å². The molecule has 5 nitrogen and oxygen atoms in total. The zero-order chi connectivity index (χ0) is 20.9. The van der Waals surface area contributed by atoms with E-state index in [0.29, 0.717) is 35.5 Å². The Kier molecular flexibility index (Phi) is 6.89. The molecule has 2 aromatic rings. The molecule has 0 unspecified atom stereocenters. The van der Waals surface area contributed by atoms with Crippen LogP contribution >= 0.6 is 0 Å². The zero-order valence-corrected chi connectivity index (χ0v) is 17.1. The lowest BCUT2D eigenvalue weighted by atomic mass is 9.97. The lowest BCUT2D eigenvalue weighted by Gasteiger charge is -2.18. The summed E-state index contributed by atoms with van der Waals surface area (Å²) in [5.41, 5.74) is 2.11. The largest absolute Gasteiger partial charge is 0.352 e. The molecule has 0 aliphatic heterocycles. The molecule has 1 heterocycles. The van der Waals surface area contributed by atoms with Gasteiger partial charge in [-0.2, -0.15) is 0 Å². The summed E-state index contributed by atoms with van der Waals surface area (Å²) in [6, 6.07) is 6.19. The third-order valence-electron chi connectivity index (χ3n) is 4.22. The molecule has 0 bridgehead atoms. The first kappa shape index (κ1) is 21.5. The van der Waals surface area contributed by atoms with Crippen LogP contribution in [0.5, 0.6) is 0 Å². The number of benzene rings is 1. The second kappa shape index (κ2) is 8.95. The van der Waals surface area contributed by atoms with E-state index >= 15 is 0 Å². The molecule has 0 saturated carbocycles. The van der Waals surface area contributed by atoms with Gasteiger partial charge in [0.05, 0.1) is 11.3 Å². The molecular formula is C22H28FN3O2. The highest BCUT2D eigenvalue weighted by Gasteiger charge is 2.16. The number of carbonyl (C=O) groups is 2. The highest BCUT2D eigenvalue weighted by molar-refractivity contribution is 5.96. The Balaban J connectivity index is 2.26. The van der Waals surface area contributed by atoms with Crippen LogP contribution in [0.25, 0.3) is 11.3 Å². The van der Waals surface area contributed by atoms with Gasteiger partial charge in [-0.25, -0.2) is 4.39 Å². The summed E-state index contributed by atoms with van der Waals surface area (Å²) in [4.78, 5) is 28.8. The smallest absolute Gasteiger partial charge is 0.252 e. The fraction of sp³-hybridized carbons (Fsp3) is 0.409. The summed E-state index contributed by atoms with van der Waals surface area (Å²) in [6.07, 6.45) is 2.27. The molecule has 0 saturated heterocycles. The summed E-state index contributed by atoms with van der Waals surface area (Å²) in [6.45, 7) is 10.8. The first-order valence-corrected chi connectivity index (χ1v) is 9.45. The van der Waals surface area contributed by atoms with Crippen LogP contribution in [0, 0.1) is 18.2 Å². The number of rotatable bonds is 6. The van der Waals surface area contributed by atoms with Gasteiger partial charge in [0.15, 0.2) is 0 Å². The number of carbonyl (C=O) groups excluding carboxylic acids is 2. The van der Waals surface area contributed by atoms with E-state index in [1.54, 1.807) is 25.1 Å². The van der Waals surface area contributed by atoms with Crippen molar-refractivity contribution in [3.8, 4) is 11.3 Å². The molecule has 0 spiro atoms. The maximum Gasteiger partial charge on any atom is 0.252 e. The van der Waals surface area contributed by atoms with Gasteiger partial charge in [-0.05, 0) is 48.6 Å². The van der Waals surface area contributed by atoms with Gasteiger partial charge in [0.1, 0.15) is 5.82 Å². The van der Waals surface area contributed by atoms with Crippen LogP contribution in [0.15, 0.2) is 30.5 Å². The van der Waals surface area contributed by atoms with E-state index in [9.17, 15) is 14.0 Å². The Hall–Kier alpha value is -2.76. The molecule has 6 heteroatoms. The van der Waals surface area contributed by atoms with Crippen LogP contribution in [0.3, 0.4) is 0 Å². The summed E-state index contributed by atoms with van der Waals surface area (Å²) < 4.78 is 14.4. The highest BCUT2D eigenvalue weighted by atomic mass is 19.1. The maximum atomic E-state index is 14.4. The second-order valence-electron chi connectivity index (χ2n) is 8.06. The number of aromatic nitrogens is 1. The van der Waals surface area contributed by atoms with Gasteiger partial charge in [-0.15, -0.1) is 0 Å². The number of nitrogens with one attached hydrogen (secondary N) is 2. The van der Waals surface area contributed by atoms with Gasteiger partial charge in [0.25, 0.3) is 11.8 Å². The zero-order valence-electron chi connectivity index (χ0n) is 17.1. The maximum absolute atomic E-state index is 14.4. The molecule has 0 aliphatic carbocycles. The molecule has 0 radical (unpaired) electrons. The van der Waals surface area contributed by atoms with Crippen molar-refractivity contribution >= 4 is 11.8 Å². The fourth-order valence-corrected chi connectivity index (χ4v) is 2.55. The molecule has 28 heavy (non-hydrogen) atoms. The summed E-state index contributed by atoms with van der Waals surface area (Å²) in [5.74, 6) is -0.988. The molecule has 2 N–H and O–H groups in total. The van der Waals surface area contributed by atoms with Gasteiger partial charge in [0, 0.05) is 30.4 Å². The van der Waals surface area contributed by atoms with Crippen molar-refractivity contribution in [1.29, 1.82) is 0 Å². The standard InChI is InChI=1S/C22H28FN3O2/c1-6-9-24-21(28)16-10-17(14(2)18(23)11-16)19-8-7-15(12-25-19)20(27)26-13-22(3,4)5/h7-8,10-12H,6,9,13H2,1-5H3,(H,24,28)(H,26,27). The van der Waals surface area contributed by atoms with Crippen LogP contribution in [-0.2, 0) is 0 Å². The third kappa shape index (κ3) is 5.62. The Morgan fingerprint density at radius 1 is 1.07 bits per heavy atom. The van der Waals surface area contributed by atoms with E-state index in [1.165, 1.54) is 12.3 Å². The predicted molar refractivity (Wildman–Crippen MR) is 109 cm³/mol. The molecule has 0 atom stereocenters. The number of halogens is 1. The molecule has 150 valence electrons. The number of hydrogen-bond acceptors (Lipinski definition) is 3. The average molecular weight is 385 g/mol. The van der Waals surface area contributed by atoms with Crippen molar-refractivity contribution < 1.29 is 14.0 Å². The van der Waals surface area contributed by atoms with Crippen molar-refractivity contribution in [2.75, 3.05) is 13.1 Å². The molecule has 1 aromatic carbocycles. The normalized spacial score (nSPS) is 11.2. The highest BCUT2D eigenvalue weighted by Crippen LogP contribution is 2.25. The van der Waals surface area contributed by atoms with E-state index in [-0.39, 0.29) is 22.8 Å². The Morgan fingerprint density at radius 2 is 1.75 bits per heavy atom. The molecule has 2 amide bonds. The topological polar surface area (TPSA) is 71.1 Å². The number of amides is 2. The van der Waals surface area contributed by atoms with Crippen molar-refractivity contribution in [2.45, 2.75) is 41.0 Å². The SMILES string of the molecule is CCCNC(=O)c1cc(F)c(C)c(-c2ccc(C(=O)NCC(C)(C)C)cn2)c1. The van der Waals surface area contributed by atoms with Crippen molar-refractivity contribution in [3.05, 3.63) is 53.0 Å². The van der Waals surface area contributed by atoms with E-state index < -0.39 is 5.82 Å². The van der Waals surface area contributed by atoms with Gasteiger partial charge < -0.3 is 10.6 Å². The molecule has 1 aromatic heterocycles. The summed E-state index contributed by atoms with van der Waals surface area (Å²) in [7, 11) is 0. The minimum Gasteiger partial charge on any atom is -0.352 e. The third-order valence-corrected chi connectivity index (χ3v) is 4.22. The van der Waals surface area contributed by atoms with Gasteiger partial charge in [-0.1, -0.05) is 27.7 Å². The van der Waals surface area contributed by atoms with Gasteiger partial charge >= 0.3 is 0 Å². The van der Waals surface area contributed by atoms with E-state index in [4.69, 9.17) is 0 Å². The van der Waals surface area contributed by atoms with Crippen LogP contribution in [0.4, 0.5) is 4.39 Å². The molecule has 0 aliphatic rings. The van der Waals surface area contributed by atoms with Crippen LogP contribution < -0.4 is 10.6 Å². The number of pyridine rings is 1. The average Bonchev–Trinajstić information content (AvgIpc) is 2.65. The van der Waals surface area contributed by atoms with Crippen LogP contribution in [-0.4, -0.2) is 29.9 Å². The Morgan fingerprint density at radius 3 is 2.32 bits per heavy atom. The van der Waals surface area contributed by atoms with Gasteiger partial charge in [0.2, 0.25) is 0 Å².